The van der Waals surface area contributed by atoms with Crippen molar-refractivity contribution in [2.75, 3.05) is 41.0 Å². The molecule has 0 spiro atoms. The molecule has 0 aromatic heterocycles. The van der Waals surface area contributed by atoms with E-state index < -0.39 is 0 Å². The number of nitrogens with two attached hydrogens (primary N) is 1. The Hall–Kier alpha value is -0.690. The molecular weight excluding hydrogens is 294 g/mol. The minimum Gasteiger partial charge on any atom is -0.468 e. The molecular formula is C17H32N3O3+. The van der Waals surface area contributed by atoms with Crippen LogP contribution in [0.15, 0.2) is 0 Å². The molecule has 2 N–H and O–H groups in total. The quantitative estimate of drug-likeness (QED) is 0.715. The van der Waals surface area contributed by atoms with Gasteiger partial charge in [0.05, 0.1) is 19.3 Å². The number of carbonyl (C=O) groups excluding carboxylic acids is 1. The number of likely N-dealkylation sites (N-methyl/N-ethyl adjacent to an activating group) is 1. The van der Waals surface area contributed by atoms with Gasteiger partial charge in [-0.1, -0.05) is 0 Å². The summed E-state index contributed by atoms with van der Waals surface area (Å²) >= 11 is 0. The fraction of sp³-hybridized carbons (Fsp3) is 0.941. The van der Waals surface area contributed by atoms with Crippen LogP contribution in [0.4, 0.5) is 0 Å². The van der Waals surface area contributed by atoms with E-state index in [0.29, 0.717) is 18.2 Å². The van der Waals surface area contributed by atoms with Gasteiger partial charge >= 0.3 is 5.97 Å². The SMILES string of the molecule is COC(=O)C1CC2[NH2+]CN(CC3CCC(OC)CC3)C2CN1C. The van der Waals surface area contributed by atoms with Crippen molar-refractivity contribution in [2.24, 2.45) is 5.92 Å². The second-order valence-corrected chi connectivity index (χ2v) is 7.51. The van der Waals surface area contributed by atoms with E-state index in [0.717, 1.165) is 25.6 Å². The van der Waals surface area contributed by atoms with Crippen LogP contribution in [0.2, 0.25) is 0 Å². The Morgan fingerprint density at radius 1 is 1.22 bits per heavy atom. The van der Waals surface area contributed by atoms with Crippen LogP contribution < -0.4 is 5.32 Å². The lowest BCUT2D eigenvalue weighted by molar-refractivity contribution is -0.678. The molecule has 3 rings (SSSR count). The fourth-order valence-electron chi connectivity index (χ4n) is 4.70. The minimum atomic E-state index is -0.0873. The lowest BCUT2D eigenvalue weighted by atomic mass is 9.86. The van der Waals surface area contributed by atoms with Gasteiger partial charge in [0.1, 0.15) is 18.8 Å². The zero-order valence-electron chi connectivity index (χ0n) is 14.7. The first-order valence-electron chi connectivity index (χ1n) is 9.00. The Bertz CT molecular complexity index is 412. The molecule has 2 saturated heterocycles. The number of quaternary nitrogens is 1. The van der Waals surface area contributed by atoms with Gasteiger partial charge in [0.15, 0.2) is 0 Å². The minimum absolute atomic E-state index is 0.0745. The molecule has 2 heterocycles. The maximum atomic E-state index is 11.9. The predicted octanol–water partition coefficient (Wildman–Crippen LogP) is -0.358. The third-order valence-corrected chi connectivity index (χ3v) is 6.20. The maximum absolute atomic E-state index is 11.9. The summed E-state index contributed by atoms with van der Waals surface area (Å²) in [5, 5.41) is 2.42. The first-order chi connectivity index (χ1) is 11.1. The van der Waals surface area contributed by atoms with Crippen LogP contribution in [0.25, 0.3) is 0 Å². The summed E-state index contributed by atoms with van der Waals surface area (Å²) in [6.07, 6.45) is 6.36. The number of methoxy groups -OCH3 is 2. The number of fused-ring (bicyclic) bond motifs is 1. The van der Waals surface area contributed by atoms with Crippen molar-refractivity contribution in [3.63, 3.8) is 0 Å². The van der Waals surface area contributed by atoms with E-state index in [2.05, 4.69) is 22.2 Å². The Morgan fingerprint density at radius 2 is 1.96 bits per heavy atom. The van der Waals surface area contributed by atoms with Crippen molar-refractivity contribution in [3.05, 3.63) is 0 Å². The second kappa shape index (κ2) is 7.47. The number of nitrogens with zero attached hydrogens (tertiary/aromatic N) is 2. The normalized spacial score (nSPS) is 39.2. The highest BCUT2D eigenvalue weighted by Crippen LogP contribution is 2.29. The lowest BCUT2D eigenvalue weighted by Gasteiger charge is -2.39. The van der Waals surface area contributed by atoms with Gasteiger partial charge in [0.2, 0.25) is 0 Å². The number of hydrogen-bond acceptors (Lipinski definition) is 5. The van der Waals surface area contributed by atoms with Gasteiger partial charge in [-0.2, -0.15) is 0 Å². The summed E-state index contributed by atoms with van der Waals surface area (Å²) in [6, 6.07) is 1.03. The molecule has 2 aliphatic heterocycles. The van der Waals surface area contributed by atoms with E-state index in [4.69, 9.17) is 9.47 Å². The molecule has 6 heteroatoms. The highest BCUT2D eigenvalue weighted by Gasteiger charge is 2.46. The summed E-state index contributed by atoms with van der Waals surface area (Å²) < 4.78 is 10.4. The maximum Gasteiger partial charge on any atom is 0.323 e. The first-order valence-corrected chi connectivity index (χ1v) is 9.00. The Labute approximate surface area is 139 Å². The standard InChI is InChI=1S/C17H31N3O3/c1-19-10-16-14(8-15(19)17(21)23-3)18-11-20(16)9-12-4-6-13(22-2)7-5-12/h12-16,18H,4-11H2,1-3H3/p+1. The Kier molecular flexibility index (Phi) is 5.57. The van der Waals surface area contributed by atoms with E-state index in [1.165, 1.54) is 39.3 Å². The zero-order chi connectivity index (χ0) is 16.4. The van der Waals surface area contributed by atoms with Crippen LogP contribution >= 0.6 is 0 Å². The topological polar surface area (TPSA) is 58.6 Å². The van der Waals surface area contributed by atoms with Crippen LogP contribution in [0.1, 0.15) is 32.1 Å². The smallest absolute Gasteiger partial charge is 0.323 e. The molecule has 3 aliphatic rings. The Balaban J connectivity index is 1.53. The number of piperidine rings is 1. The van der Waals surface area contributed by atoms with Crippen molar-refractivity contribution < 1.29 is 19.6 Å². The van der Waals surface area contributed by atoms with Gasteiger partial charge in [-0.15, -0.1) is 0 Å². The van der Waals surface area contributed by atoms with Crippen molar-refractivity contribution in [3.8, 4) is 0 Å². The number of carbonyl (C=O) groups is 1. The lowest BCUT2D eigenvalue weighted by Crippen LogP contribution is -2.89. The van der Waals surface area contributed by atoms with E-state index in [-0.39, 0.29) is 12.0 Å². The summed E-state index contributed by atoms with van der Waals surface area (Å²) in [7, 11) is 5.38. The molecule has 3 unspecified atom stereocenters. The highest BCUT2D eigenvalue weighted by atomic mass is 16.5. The Morgan fingerprint density at radius 3 is 2.61 bits per heavy atom. The number of ether oxygens (including phenoxy) is 2. The molecule has 3 fully saturated rings. The van der Waals surface area contributed by atoms with Crippen molar-refractivity contribution >= 4 is 5.97 Å². The summed E-state index contributed by atoms with van der Waals surface area (Å²) in [5.41, 5.74) is 0. The number of esters is 1. The van der Waals surface area contributed by atoms with Gasteiger partial charge in [-0.05, 0) is 38.6 Å². The molecule has 1 saturated carbocycles. The van der Waals surface area contributed by atoms with E-state index in [1.807, 2.05) is 7.11 Å². The molecule has 6 nitrogen and oxygen atoms in total. The van der Waals surface area contributed by atoms with E-state index in [9.17, 15) is 4.79 Å². The molecule has 0 amide bonds. The molecule has 23 heavy (non-hydrogen) atoms. The molecule has 0 bridgehead atoms. The fourth-order valence-corrected chi connectivity index (χ4v) is 4.70. The number of rotatable bonds is 4. The van der Waals surface area contributed by atoms with Gasteiger partial charge < -0.3 is 14.8 Å². The average Bonchev–Trinajstić information content (AvgIpc) is 2.96. The van der Waals surface area contributed by atoms with Crippen LogP contribution in [0.5, 0.6) is 0 Å². The third-order valence-electron chi connectivity index (χ3n) is 6.20. The summed E-state index contributed by atoms with van der Waals surface area (Å²) in [5.74, 6) is 0.716. The summed E-state index contributed by atoms with van der Waals surface area (Å²) in [6.45, 7) is 3.24. The predicted molar refractivity (Wildman–Crippen MR) is 86.9 cm³/mol. The summed E-state index contributed by atoms with van der Waals surface area (Å²) in [4.78, 5) is 16.7. The number of likely N-dealkylation sites (tertiary alicyclic amines) is 1. The van der Waals surface area contributed by atoms with E-state index >= 15 is 0 Å². The molecule has 0 radical (unpaired) electrons. The van der Waals surface area contributed by atoms with Crippen molar-refractivity contribution in [1.82, 2.24) is 9.80 Å². The number of hydrogen-bond donors (Lipinski definition) is 1. The zero-order valence-corrected chi connectivity index (χ0v) is 14.7. The first kappa shape index (κ1) is 17.1. The van der Waals surface area contributed by atoms with Crippen LogP contribution in [-0.4, -0.2) is 81.0 Å². The molecule has 1 aliphatic carbocycles. The molecule has 132 valence electrons. The van der Waals surface area contributed by atoms with Gasteiger partial charge in [0.25, 0.3) is 0 Å². The third kappa shape index (κ3) is 3.71. The van der Waals surface area contributed by atoms with Crippen LogP contribution in [-0.2, 0) is 14.3 Å². The molecule has 0 aromatic rings. The van der Waals surface area contributed by atoms with Gasteiger partial charge in [-0.3, -0.25) is 9.69 Å². The van der Waals surface area contributed by atoms with E-state index in [1.54, 1.807) is 0 Å². The monoisotopic (exact) mass is 326 g/mol. The van der Waals surface area contributed by atoms with Crippen molar-refractivity contribution in [1.29, 1.82) is 0 Å². The highest BCUT2D eigenvalue weighted by molar-refractivity contribution is 5.75. The van der Waals surface area contributed by atoms with Gasteiger partial charge in [-0.25, -0.2) is 4.90 Å². The average molecular weight is 326 g/mol. The largest absolute Gasteiger partial charge is 0.468 e. The van der Waals surface area contributed by atoms with Crippen LogP contribution in [0.3, 0.4) is 0 Å². The molecule has 0 aromatic carbocycles. The van der Waals surface area contributed by atoms with Gasteiger partial charge in [0, 0.05) is 26.6 Å². The molecule has 3 atom stereocenters. The second-order valence-electron chi connectivity index (χ2n) is 7.51. The van der Waals surface area contributed by atoms with Crippen LogP contribution in [0, 0.1) is 5.92 Å². The van der Waals surface area contributed by atoms with Crippen molar-refractivity contribution in [2.45, 2.75) is 56.3 Å².